The van der Waals surface area contributed by atoms with E-state index in [9.17, 15) is 4.79 Å². The van der Waals surface area contributed by atoms with Crippen molar-refractivity contribution in [2.75, 3.05) is 0 Å². The molecule has 0 saturated carbocycles. The van der Waals surface area contributed by atoms with E-state index in [-0.39, 0.29) is 11.4 Å². The summed E-state index contributed by atoms with van der Waals surface area (Å²) in [6.07, 6.45) is 1.38. The number of nitrogens with zero attached hydrogens (tertiary/aromatic N) is 5. The van der Waals surface area contributed by atoms with Crippen LogP contribution in [0.2, 0.25) is 0 Å². The minimum absolute atomic E-state index is 0.120. The standard InChI is InChI=1S/C9H7N5O2/c1-5-11-13-8(14-12-5)7-4-6(9(15)16)2-3-10-7/h2-4H,1H3,(H,15,16). The van der Waals surface area contributed by atoms with Crippen LogP contribution in [0.5, 0.6) is 0 Å². The molecule has 0 aromatic carbocycles. The van der Waals surface area contributed by atoms with Crippen LogP contribution < -0.4 is 0 Å². The van der Waals surface area contributed by atoms with Gasteiger partial charge in [0.25, 0.3) is 0 Å². The Kier molecular flexibility index (Phi) is 2.50. The Morgan fingerprint density at radius 3 is 2.56 bits per heavy atom. The van der Waals surface area contributed by atoms with Crippen molar-refractivity contribution in [2.45, 2.75) is 6.92 Å². The average molecular weight is 217 g/mol. The van der Waals surface area contributed by atoms with Gasteiger partial charge in [0, 0.05) is 6.20 Å². The van der Waals surface area contributed by atoms with Crippen LogP contribution in [0.3, 0.4) is 0 Å². The van der Waals surface area contributed by atoms with Gasteiger partial charge in [0.05, 0.1) is 5.56 Å². The van der Waals surface area contributed by atoms with Crippen molar-refractivity contribution in [1.29, 1.82) is 0 Å². The number of carbonyl (C=O) groups is 1. The van der Waals surface area contributed by atoms with E-state index in [1.165, 1.54) is 18.3 Å². The molecule has 7 nitrogen and oxygen atoms in total. The fraction of sp³-hybridized carbons (Fsp3) is 0.111. The molecule has 1 N–H and O–H groups in total. The van der Waals surface area contributed by atoms with E-state index in [0.717, 1.165) is 0 Å². The van der Waals surface area contributed by atoms with Gasteiger partial charge in [-0.1, -0.05) is 0 Å². The summed E-state index contributed by atoms with van der Waals surface area (Å²) in [5.74, 6) is -0.386. The van der Waals surface area contributed by atoms with Gasteiger partial charge in [0.15, 0.2) is 5.82 Å². The van der Waals surface area contributed by atoms with Crippen LogP contribution in [-0.4, -0.2) is 36.5 Å². The van der Waals surface area contributed by atoms with Gasteiger partial charge in [-0.3, -0.25) is 4.98 Å². The van der Waals surface area contributed by atoms with Gasteiger partial charge in [-0.2, -0.15) is 0 Å². The van der Waals surface area contributed by atoms with Crippen LogP contribution in [0.15, 0.2) is 18.3 Å². The van der Waals surface area contributed by atoms with Crippen LogP contribution in [0.4, 0.5) is 0 Å². The first-order valence-electron chi connectivity index (χ1n) is 4.40. The number of carboxylic acid groups (broad SMARTS) is 1. The second kappa shape index (κ2) is 3.97. The van der Waals surface area contributed by atoms with E-state index in [4.69, 9.17) is 5.11 Å². The molecule has 0 aliphatic heterocycles. The van der Waals surface area contributed by atoms with Gasteiger partial charge in [-0.15, -0.1) is 20.4 Å². The molecule has 0 fully saturated rings. The lowest BCUT2D eigenvalue weighted by molar-refractivity contribution is 0.0697. The third kappa shape index (κ3) is 1.97. The Morgan fingerprint density at radius 1 is 1.25 bits per heavy atom. The van der Waals surface area contributed by atoms with Crippen molar-refractivity contribution in [3.05, 3.63) is 29.7 Å². The zero-order chi connectivity index (χ0) is 11.5. The Balaban J connectivity index is 2.44. The van der Waals surface area contributed by atoms with Crippen LogP contribution in [0.1, 0.15) is 16.2 Å². The van der Waals surface area contributed by atoms with E-state index in [1.54, 1.807) is 6.92 Å². The molecule has 0 unspecified atom stereocenters. The minimum Gasteiger partial charge on any atom is -0.478 e. The molecule has 0 amide bonds. The average Bonchev–Trinajstić information content (AvgIpc) is 2.30. The molecule has 7 heteroatoms. The predicted molar refractivity (Wildman–Crippen MR) is 52.5 cm³/mol. The normalized spacial score (nSPS) is 10.1. The number of pyridine rings is 1. The summed E-state index contributed by atoms with van der Waals surface area (Å²) >= 11 is 0. The molecule has 16 heavy (non-hydrogen) atoms. The molecule has 2 heterocycles. The molecule has 0 aliphatic rings. The van der Waals surface area contributed by atoms with Crippen molar-refractivity contribution in [3.63, 3.8) is 0 Å². The van der Waals surface area contributed by atoms with Gasteiger partial charge in [-0.25, -0.2) is 4.79 Å². The number of aryl methyl sites for hydroxylation is 1. The van der Waals surface area contributed by atoms with Crippen LogP contribution >= 0.6 is 0 Å². The molecule has 80 valence electrons. The highest BCUT2D eigenvalue weighted by Crippen LogP contribution is 2.11. The summed E-state index contributed by atoms with van der Waals surface area (Å²) in [6.45, 7) is 1.66. The Bertz CT molecular complexity index is 526. The predicted octanol–water partition coefficient (Wildman–Crippen LogP) is 0.335. The van der Waals surface area contributed by atoms with E-state index in [0.29, 0.717) is 11.5 Å². The Morgan fingerprint density at radius 2 is 1.94 bits per heavy atom. The molecule has 0 bridgehead atoms. The molecular weight excluding hydrogens is 210 g/mol. The zero-order valence-electron chi connectivity index (χ0n) is 8.32. The van der Waals surface area contributed by atoms with Crippen molar-refractivity contribution in [3.8, 4) is 11.5 Å². The monoisotopic (exact) mass is 217 g/mol. The first-order valence-corrected chi connectivity index (χ1v) is 4.40. The van der Waals surface area contributed by atoms with E-state index in [2.05, 4.69) is 25.4 Å². The summed E-state index contributed by atoms with van der Waals surface area (Å²) in [6, 6.07) is 2.76. The summed E-state index contributed by atoms with van der Waals surface area (Å²) in [5, 5.41) is 23.8. The second-order valence-electron chi connectivity index (χ2n) is 3.01. The largest absolute Gasteiger partial charge is 0.478 e. The zero-order valence-corrected chi connectivity index (χ0v) is 8.32. The molecule has 2 rings (SSSR count). The van der Waals surface area contributed by atoms with Crippen LogP contribution in [0, 0.1) is 6.92 Å². The minimum atomic E-state index is -1.03. The van der Waals surface area contributed by atoms with E-state index >= 15 is 0 Å². The molecule has 0 atom stereocenters. The lowest BCUT2D eigenvalue weighted by Crippen LogP contribution is -2.02. The highest BCUT2D eigenvalue weighted by molar-refractivity contribution is 5.88. The molecule has 0 aliphatic carbocycles. The first-order chi connectivity index (χ1) is 7.66. The number of carboxylic acids is 1. The summed E-state index contributed by atoms with van der Waals surface area (Å²) < 4.78 is 0. The van der Waals surface area contributed by atoms with Crippen LogP contribution in [0.25, 0.3) is 11.5 Å². The molecule has 0 radical (unpaired) electrons. The third-order valence-corrected chi connectivity index (χ3v) is 1.81. The number of aromatic carboxylic acids is 1. The highest BCUT2D eigenvalue weighted by atomic mass is 16.4. The lowest BCUT2D eigenvalue weighted by Gasteiger charge is -1.98. The molecule has 0 saturated heterocycles. The summed E-state index contributed by atoms with van der Waals surface area (Å²) in [5.41, 5.74) is 0.453. The maximum Gasteiger partial charge on any atom is 0.335 e. The highest BCUT2D eigenvalue weighted by Gasteiger charge is 2.08. The maximum absolute atomic E-state index is 10.7. The van der Waals surface area contributed by atoms with Gasteiger partial charge in [0.1, 0.15) is 5.69 Å². The van der Waals surface area contributed by atoms with Crippen molar-refractivity contribution >= 4 is 5.97 Å². The van der Waals surface area contributed by atoms with E-state index < -0.39 is 5.97 Å². The van der Waals surface area contributed by atoms with Crippen molar-refractivity contribution < 1.29 is 9.90 Å². The fourth-order valence-electron chi connectivity index (χ4n) is 1.07. The number of rotatable bonds is 2. The van der Waals surface area contributed by atoms with Gasteiger partial charge in [0.2, 0.25) is 5.82 Å². The van der Waals surface area contributed by atoms with E-state index in [1.807, 2.05) is 0 Å². The number of hydrogen-bond acceptors (Lipinski definition) is 6. The van der Waals surface area contributed by atoms with Gasteiger partial charge < -0.3 is 5.11 Å². The molecule has 2 aromatic rings. The smallest absolute Gasteiger partial charge is 0.335 e. The van der Waals surface area contributed by atoms with Crippen molar-refractivity contribution in [2.24, 2.45) is 0 Å². The first kappa shape index (κ1) is 10.1. The summed E-state index contributed by atoms with van der Waals surface area (Å²) in [4.78, 5) is 14.7. The Labute approximate surface area is 90.2 Å². The quantitative estimate of drug-likeness (QED) is 0.773. The molecular formula is C9H7N5O2. The molecule has 2 aromatic heterocycles. The maximum atomic E-state index is 10.7. The topological polar surface area (TPSA) is 102 Å². The van der Waals surface area contributed by atoms with Gasteiger partial charge in [-0.05, 0) is 19.1 Å². The Hall–Kier alpha value is -2.44. The third-order valence-electron chi connectivity index (χ3n) is 1.81. The second-order valence-corrected chi connectivity index (χ2v) is 3.01. The van der Waals surface area contributed by atoms with Crippen molar-refractivity contribution in [1.82, 2.24) is 25.4 Å². The van der Waals surface area contributed by atoms with Crippen LogP contribution in [-0.2, 0) is 0 Å². The lowest BCUT2D eigenvalue weighted by atomic mass is 10.2. The number of hydrogen-bond donors (Lipinski definition) is 1. The fourth-order valence-corrected chi connectivity index (χ4v) is 1.07. The molecule has 0 spiro atoms. The number of aromatic nitrogens is 5. The SMILES string of the molecule is Cc1nnc(-c2cc(C(=O)O)ccn2)nn1. The van der Waals surface area contributed by atoms with Gasteiger partial charge >= 0.3 is 5.97 Å². The summed E-state index contributed by atoms with van der Waals surface area (Å²) in [7, 11) is 0.